The van der Waals surface area contributed by atoms with E-state index in [0.29, 0.717) is 23.6 Å². The summed E-state index contributed by atoms with van der Waals surface area (Å²) in [5.41, 5.74) is 3.12. The maximum absolute atomic E-state index is 12.7. The van der Waals surface area contributed by atoms with Crippen LogP contribution in [0.4, 0.5) is 5.69 Å². The predicted octanol–water partition coefficient (Wildman–Crippen LogP) is 4.22. The number of para-hydroxylation sites is 1. The van der Waals surface area contributed by atoms with Crippen molar-refractivity contribution in [3.8, 4) is 0 Å². The van der Waals surface area contributed by atoms with Crippen LogP contribution >= 0.6 is 11.8 Å². The van der Waals surface area contributed by atoms with Gasteiger partial charge in [0.2, 0.25) is 11.8 Å². The van der Waals surface area contributed by atoms with Crippen LogP contribution in [0.5, 0.6) is 0 Å². The third kappa shape index (κ3) is 5.11. The molecule has 1 aliphatic rings. The van der Waals surface area contributed by atoms with Crippen LogP contribution in [0.15, 0.2) is 27.8 Å². The quantitative estimate of drug-likeness (QED) is 0.716. The molecule has 0 aliphatic carbocycles. The molecule has 27 heavy (non-hydrogen) atoms. The van der Waals surface area contributed by atoms with Gasteiger partial charge in [0.25, 0.3) is 5.22 Å². The molecule has 7 heteroatoms. The van der Waals surface area contributed by atoms with E-state index in [9.17, 15) is 4.79 Å². The number of aryl methyl sites for hydroxylation is 1. The molecule has 1 atom stereocenters. The lowest BCUT2D eigenvalue weighted by Crippen LogP contribution is -2.23. The number of anilines is 1. The van der Waals surface area contributed by atoms with Gasteiger partial charge in [-0.05, 0) is 56.8 Å². The Balaban J connectivity index is 1.61. The summed E-state index contributed by atoms with van der Waals surface area (Å²) in [4.78, 5) is 15.0. The first-order chi connectivity index (χ1) is 12.9. The van der Waals surface area contributed by atoms with Gasteiger partial charge in [0, 0.05) is 5.69 Å². The summed E-state index contributed by atoms with van der Waals surface area (Å²) < 4.78 is 5.72. The number of thioether (sulfide) groups is 1. The van der Waals surface area contributed by atoms with Crippen molar-refractivity contribution in [3.63, 3.8) is 0 Å². The van der Waals surface area contributed by atoms with E-state index >= 15 is 0 Å². The molecule has 0 bridgehead atoms. The van der Waals surface area contributed by atoms with Crippen molar-refractivity contribution >= 4 is 23.4 Å². The summed E-state index contributed by atoms with van der Waals surface area (Å²) in [5.74, 6) is 0.899. The Morgan fingerprint density at radius 2 is 2.00 bits per heavy atom. The van der Waals surface area contributed by atoms with E-state index in [-0.39, 0.29) is 11.2 Å². The lowest BCUT2D eigenvalue weighted by molar-refractivity contribution is -0.115. The Labute approximate surface area is 165 Å². The van der Waals surface area contributed by atoms with Crippen molar-refractivity contribution in [1.82, 2.24) is 15.1 Å². The summed E-state index contributed by atoms with van der Waals surface area (Å²) in [6, 6.07) is 6.11. The Morgan fingerprint density at radius 1 is 1.26 bits per heavy atom. The van der Waals surface area contributed by atoms with Crippen molar-refractivity contribution in [2.75, 3.05) is 18.4 Å². The van der Waals surface area contributed by atoms with E-state index in [2.05, 4.69) is 40.3 Å². The highest BCUT2D eigenvalue weighted by Gasteiger charge is 2.21. The molecule has 1 fully saturated rings. The molecule has 1 aliphatic heterocycles. The van der Waals surface area contributed by atoms with Crippen LogP contribution in [0.3, 0.4) is 0 Å². The van der Waals surface area contributed by atoms with E-state index in [1.807, 2.05) is 26.0 Å². The van der Waals surface area contributed by atoms with Gasteiger partial charge in [0.15, 0.2) is 0 Å². The molecule has 0 saturated carbocycles. The molecule has 6 nitrogen and oxygen atoms in total. The molecule has 1 N–H and O–H groups in total. The van der Waals surface area contributed by atoms with E-state index in [1.54, 1.807) is 0 Å². The minimum Gasteiger partial charge on any atom is -0.415 e. The Morgan fingerprint density at radius 3 is 2.70 bits per heavy atom. The zero-order valence-electron chi connectivity index (χ0n) is 16.5. The van der Waals surface area contributed by atoms with Gasteiger partial charge in [-0.2, -0.15) is 0 Å². The first-order valence-electron chi connectivity index (χ1n) is 9.56. The molecule has 1 saturated heterocycles. The molecule has 1 aromatic carbocycles. The Kier molecular flexibility index (Phi) is 6.55. The molecule has 2 heterocycles. The van der Waals surface area contributed by atoms with Crippen molar-refractivity contribution in [2.24, 2.45) is 0 Å². The highest BCUT2D eigenvalue weighted by Crippen LogP contribution is 2.29. The average Bonchev–Trinajstić information content (AvgIpc) is 3.29. The maximum Gasteiger partial charge on any atom is 0.277 e. The summed E-state index contributed by atoms with van der Waals surface area (Å²) in [5, 5.41) is 11.4. The lowest BCUT2D eigenvalue weighted by Gasteiger charge is -2.18. The molecule has 1 amide bonds. The molecule has 2 aromatic rings. The smallest absolute Gasteiger partial charge is 0.277 e. The van der Waals surface area contributed by atoms with Crippen LogP contribution in [0.25, 0.3) is 0 Å². The monoisotopic (exact) mass is 388 g/mol. The van der Waals surface area contributed by atoms with Gasteiger partial charge < -0.3 is 9.73 Å². The number of nitrogens with zero attached hydrogens (tertiary/aromatic N) is 3. The van der Waals surface area contributed by atoms with Gasteiger partial charge in [-0.15, -0.1) is 10.2 Å². The fraction of sp³-hybridized carbons (Fsp3) is 0.550. The second-order valence-electron chi connectivity index (χ2n) is 7.39. The SMILES string of the molecule is Cc1cccc(C(C)C)c1NC(=O)[C@H](C)Sc1nnc(CN2CCCC2)o1. The standard InChI is InChI=1S/C20H28N4O2S/c1-13(2)16-9-7-8-14(3)18(16)21-19(25)15(4)27-20-23-22-17(26-20)12-24-10-5-6-11-24/h7-9,13,15H,5-6,10-12H2,1-4H3,(H,21,25)/t15-/m0/s1. The lowest BCUT2D eigenvalue weighted by atomic mass is 9.98. The van der Waals surface area contributed by atoms with E-state index in [1.165, 1.54) is 24.6 Å². The second-order valence-corrected chi connectivity index (χ2v) is 8.68. The number of likely N-dealkylation sites (tertiary alicyclic amines) is 1. The summed E-state index contributed by atoms with van der Waals surface area (Å²) >= 11 is 1.30. The fourth-order valence-electron chi connectivity index (χ4n) is 3.25. The normalized spacial score (nSPS) is 16.0. The van der Waals surface area contributed by atoms with Crippen molar-refractivity contribution < 1.29 is 9.21 Å². The molecule has 1 aromatic heterocycles. The zero-order chi connectivity index (χ0) is 19.4. The van der Waals surface area contributed by atoms with Crippen LogP contribution in [0.2, 0.25) is 0 Å². The van der Waals surface area contributed by atoms with Crippen LogP contribution in [0.1, 0.15) is 56.5 Å². The zero-order valence-corrected chi connectivity index (χ0v) is 17.3. The third-order valence-electron chi connectivity index (χ3n) is 4.83. The summed E-state index contributed by atoms with van der Waals surface area (Å²) in [6.07, 6.45) is 2.45. The number of carbonyl (C=O) groups excluding carboxylic acids is 1. The summed E-state index contributed by atoms with van der Waals surface area (Å²) in [6.45, 7) is 11.0. The van der Waals surface area contributed by atoms with Crippen LogP contribution in [-0.4, -0.2) is 39.3 Å². The minimum absolute atomic E-state index is 0.0597. The molecule has 3 rings (SSSR count). The van der Waals surface area contributed by atoms with Gasteiger partial charge in [-0.3, -0.25) is 9.69 Å². The third-order valence-corrected chi connectivity index (χ3v) is 5.76. The number of carbonyl (C=O) groups is 1. The molecular formula is C20H28N4O2S. The number of aromatic nitrogens is 2. The second kappa shape index (κ2) is 8.89. The minimum atomic E-state index is -0.329. The van der Waals surface area contributed by atoms with E-state index in [0.717, 1.165) is 29.9 Å². The number of hydrogen-bond acceptors (Lipinski definition) is 6. The number of amides is 1. The first kappa shape index (κ1) is 19.9. The number of benzene rings is 1. The van der Waals surface area contributed by atoms with Gasteiger partial charge in [-0.1, -0.05) is 43.8 Å². The number of nitrogens with one attached hydrogen (secondary N) is 1. The molecule has 0 radical (unpaired) electrons. The molecule has 146 valence electrons. The van der Waals surface area contributed by atoms with Crippen molar-refractivity contribution in [1.29, 1.82) is 0 Å². The Bertz CT molecular complexity index is 784. The molecule has 0 spiro atoms. The maximum atomic E-state index is 12.7. The van der Waals surface area contributed by atoms with Crippen molar-refractivity contribution in [3.05, 3.63) is 35.2 Å². The average molecular weight is 389 g/mol. The van der Waals surface area contributed by atoms with Crippen LogP contribution in [-0.2, 0) is 11.3 Å². The van der Waals surface area contributed by atoms with Gasteiger partial charge in [0.1, 0.15) is 0 Å². The Hall–Kier alpha value is -1.86. The topological polar surface area (TPSA) is 71.3 Å². The first-order valence-corrected chi connectivity index (χ1v) is 10.4. The predicted molar refractivity (Wildman–Crippen MR) is 108 cm³/mol. The fourth-order valence-corrected chi connectivity index (χ4v) is 3.95. The highest BCUT2D eigenvalue weighted by molar-refractivity contribution is 8.00. The number of hydrogen-bond donors (Lipinski definition) is 1. The van der Waals surface area contributed by atoms with E-state index in [4.69, 9.17) is 4.42 Å². The van der Waals surface area contributed by atoms with Crippen molar-refractivity contribution in [2.45, 2.75) is 63.5 Å². The van der Waals surface area contributed by atoms with Gasteiger partial charge in [-0.25, -0.2) is 0 Å². The highest BCUT2D eigenvalue weighted by atomic mass is 32.2. The van der Waals surface area contributed by atoms with E-state index < -0.39 is 0 Å². The van der Waals surface area contributed by atoms with Gasteiger partial charge in [0.05, 0.1) is 11.8 Å². The van der Waals surface area contributed by atoms with Crippen LogP contribution in [0, 0.1) is 6.92 Å². The molecule has 0 unspecified atom stereocenters. The summed E-state index contributed by atoms with van der Waals surface area (Å²) in [7, 11) is 0. The largest absolute Gasteiger partial charge is 0.415 e. The number of rotatable bonds is 7. The molecular weight excluding hydrogens is 360 g/mol. The van der Waals surface area contributed by atoms with Crippen LogP contribution < -0.4 is 5.32 Å². The van der Waals surface area contributed by atoms with Gasteiger partial charge >= 0.3 is 0 Å².